The molecule has 0 radical (unpaired) electrons. The highest BCUT2D eigenvalue weighted by molar-refractivity contribution is 6.33. The van der Waals surface area contributed by atoms with Crippen LogP contribution in [0.5, 0.6) is 5.75 Å². The van der Waals surface area contributed by atoms with Gasteiger partial charge in [-0.25, -0.2) is 4.39 Å². The molecular formula is C25H27ClFNO3. The molecule has 0 spiro atoms. The third-order valence-electron chi connectivity index (χ3n) is 6.21. The van der Waals surface area contributed by atoms with Gasteiger partial charge in [-0.1, -0.05) is 55.0 Å². The summed E-state index contributed by atoms with van der Waals surface area (Å²) in [4.78, 5) is 12.2. The highest BCUT2D eigenvalue weighted by Crippen LogP contribution is 2.48. The van der Waals surface area contributed by atoms with E-state index < -0.39 is 23.8 Å². The number of alkyl halides is 1. The molecule has 4 atom stereocenters. The van der Waals surface area contributed by atoms with Crippen molar-refractivity contribution in [2.75, 3.05) is 6.61 Å². The predicted molar refractivity (Wildman–Crippen MR) is 121 cm³/mol. The Morgan fingerprint density at radius 1 is 1.35 bits per heavy atom. The number of carbonyl (C=O) groups is 1. The molecule has 0 fully saturated rings. The molecule has 0 saturated carbocycles. The maximum absolute atomic E-state index is 15.8. The quantitative estimate of drug-likeness (QED) is 0.664. The van der Waals surface area contributed by atoms with Crippen molar-refractivity contribution >= 4 is 23.1 Å². The molecule has 31 heavy (non-hydrogen) atoms. The number of carbonyl (C=O) groups excluding carboxylic acids is 1. The third-order valence-corrected chi connectivity index (χ3v) is 6.53. The zero-order valence-corrected chi connectivity index (χ0v) is 18.5. The zero-order valence-electron chi connectivity index (χ0n) is 17.7. The Kier molecular flexibility index (Phi) is 6.09. The summed E-state index contributed by atoms with van der Waals surface area (Å²) in [6.45, 7) is 4.43. The topological polar surface area (TPSA) is 61.5 Å². The van der Waals surface area contributed by atoms with E-state index >= 15 is 4.39 Å². The van der Waals surface area contributed by atoms with E-state index in [1.54, 1.807) is 18.2 Å². The molecule has 0 aromatic heterocycles. The second-order valence-electron chi connectivity index (χ2n) is 8.43. The molecule has 1 heterocycles. The second kappa shape index (κ2) is 8.64. The number of benzene rings is 1. The Balaban J connectivity index is 1.79. The lowest BCUT2D eigenvalue weighted by atomic mass is 9.79. The highest BCUT2D eigenvalue weighted by atomic mass is 35.5. The number of amides is 1. The molecule has 0 saturated heterocycles. The van der Waals surface area contributed by atoms with Crippen LogP contribution in [-0.2, 0) is 16.0 Å². The fourth-order valence-corrected chi connectivity index (χ4v) is 4.89. The van der Waals surface area contributed by atoms with Crippen LogP contribution in [0, 0.1) is 5.92 Å². The third kappa shape index (κ3) is 3.97. The molecule has 2 N–H and O–H groups in total. The van der Waals surface area contributed by atoms with Crippen molar-refractivity contribution in [3.05, 3.63) is 70.3 Å². The van der Waals surface area contributed by atoms with Gasteiger partial charge in [-0.05, 0) is 31.9 Å². The van der Waals surface area contributed by atoms with Crippen LogP contribution >= 0.6 is 11.6 Å². The monoisotopic (exact) mass is 443 g/mol. The lowest BCUT2D eigenvalue weighted by Gasteiger charge is -2.32. The van der Waals surface area contributed by atoms with Gasteiger partial charge < -0.3 is 15.2 Å². The van der Waals surface area contributed by atoms with Crippen molar-refractivity contribution in [2.24, 2.45) is 11.7 Å². The van der Waals surface area contributed by atoms with Gasteiger partial charge in [0.25, 0.3) is 0 Å². The Bertz CT molecular complexity index is 1010. The smallest absolute Gasteiger partial charge is 0.249 e. The molecule has 1 aliphatic heterocycles. The SMILES string of the molecule is CCCOC1C=CC(C(N)=O)=C(c2c(Cl)ccc3c2C[C@@](C)(C2C=CC=CC2)O3)C1F. The van der Waals surface area contributed by atoms with E-state index in [4.69, 9.17) is 26.8 Å². The molecule has 1 aromatic carbocycles. The lowest BCUT2D eigenvalue weighted by molar-refractivity contribution is -0.114. The summed E-state index contributed by atoms with van der Waals surface area (Å²) in [5, 5.41) is 0.367. The molecule has 6 heteroatoms. The molecule has 1 aromatic rings. The van der Waals surface area contributed by atoms with Crippen molar-refractivity contribution in [2.45, 2.75) is 51.0 Å². The normalized spacial score (nSPS) is 29.2. The van der Waals surface area contributed by atoms with E-state index in [1.807, 2.05) is 25.1 Å². The van der Waals surface area contributed by atoms with Crippen molar-refractivity contribution in [3.63, 3.8) is 0 Å². The highest BCUT2D eigenvalue weighted by Gasteiger charge is 2.44. The first-order valence-electron chi connectivity index (χ1n) is 10.7. The number of halogens is 2. The maximum Gasteiger partial charge on any atom is 0.249 e. The second-order valence-corrected chi connectivity index (χ2v) is 8.84. The van der Waals surface area contributed by atoms with Crippen LogP contribution in [0.2, 0.25) is 5.02 Å². The summed E-state index contributed by atoms with van der Waals surface area (Å²) in [6, 6.07) is 3.51. The van der Waals surface area contributed by atoms with Gasteiger partial charge in [-0.3, -0.25) is 4.79 Å². The summed E-state index contributed by atoms with van der Waals surface area (Å²) in [5.41, 5.74) is 6.73. The Hall–Kier alpha value is -2.37. The average Bonchev–Trinajstić information content (AvgIpc) is 3.11. The first-order valence-corrected chi connectivity index (χ1v) is 11.1. The van der Waals surface area contributed by atoms with E-state index in [2.05, 4.69) is 19.1 Å². The summed E-state index contributed by atoms with van der Waals surface area (Å²) in [5.74, 6) is 0.140. The van der Waals surface area contributed by atoms with Gasteiger partial charge in [0.05, 0.1) is 0 Å². The van der Waals surface area contributed by atoms with Crippen molar-refractivity contribution in [1.29, 1.82) is 0 Å². The van der Waals surface area contributed by atoms with Crippen LogP contribution in [0.4, 0.5) is 4.39 Å². The van der Waals surface area contributed by atoms with E-state index in [0.29, 0.717) is 29.4 Å². The van der Waals surface area contributed by atoms with Crippen LogP contribution in [0.1, 0.15) is 37.8 Å². The van der Waals surface area contributed by atoms with Crippen LogP contribution in [0.25, 0.3) is 5.57 Å². The van der Waals surface area contributed by atoms with Gasteiger partial charge >= 0.3 is 0 Å². The first-order chi connectivity index (χ1) is 14.9. The molecule has 3 unspecified atom stereocenters. The minimum atomic E-state index is -1.56. The van der Waals surface area contributed by atoms with Gasteiger partial charge in [-0.15, -0.1) is 0 Å². The number of fused-ring (bicyclic) bond motifs is 1. The number of ether oxygens (including phenoxy) is 2. The Morgan fingerprint density at radius 3 is 2.84 bits per heavy atom. The van der Waals surface area contributed by atoms with Crippen molar-refractivity contribution in [3.8, 4) is 5.75 Å². The van der Waals surface area contributed by atoms with Crippen LogP contribution < -0.4 is 10.5 Å². The Labute approximate surface area is 187 Å². The van der Waals surface area contributed by atoms with Crippen LogP contribution in [0.15, 0.2) is 54.2 Å². The number of primary amides is 1. The molecule has 0 bridgehead atoms. The van der Waals surface area contributed by atoms with Gasteiger partial charge in [0.1, 0.15) is 17.5 Å². The van der Waals surface area contributed by atoms with Crippen LogP contribution in [-0.4, -0.2) is 30.4 Å². The van der Waals surface area contributed by atoms with E-state index in [0.717, 1.165) is 18.4 Å². The van der Waals surface area contributed by atoms with Gasteiger partial charge in [-0.2, -0.15) is 0 Å². The standard InChI is InChI=1S/C25H27ClFNO3/c1-3-13-30-20-11-9-16(24(28)29)22(23(20)27)21-17-14-25(2,15-7-5-4-6-8-15)31-19(17)12-10-18(21)26/h4-7,9-12,15,20,23H,3,8,13-14H2,1-2H3,(H2,28,29)/t15?,20?,23?,25-/m0/s1. The first kappa shape index (κ1) is 21.8. The van der Waals surface area contributed by atoms with Crippen LogP contribution in [0.3, 0.4) is 0 Å². The molecule has 4 rings (SSSR count). The van der Waals surface area contributed by atoms with Crippen molar-refractivity contribution < 1.29 is 18.7 Å². The Morgan fingerprint density at radius 2 is 2.16 bits per heavy atom. The summed E-state index contributed by atoms with van der Waals surface area (Å²) < 4.78 is 27.8. The van der Waals surface area contributed by atoms with E-state index in [9.17, 15) is 4.79 Å². The largest absolute Gasteiger partial charge is 0.486 e. The molecule has 3 aliphatic rings. The minimum Gasteiger partial charge on any atom is -0.486 e. The molecule has 2 aliphatic carbocycles. The summed E-state index contributed by atoms with van der Waals surface area (Å²) in [6.07, 6.45) is 11.2. The fraction of sp³-hybridized carbons (Fsp3) is 0.400. The summed E-state index contributed by atoms with van der Waals surface area (Å²) in [7, 11) is 0. The number of rotatable bonds is 6. The predicted octanol–water partition coefficient (Wildman–Crippen LogP) is 5.11. The number of hydrogen-bond acceptors (Lipinski definition) is 3. The van der Waals surface area contributed by atoms with Gasteiger partial charge in [0.2, 0.25) is 5.91 Å². The maximum atomic E-state index is 15.8. The summed E-state index contributed by atoms with van der Waals surface area (Å²) >= 11 is 6.61. The molecular weight excluding hydrogens is 417 g/mol. The fourth-order valence-electron chi connectivity index (χ4n) is 4.61. The molecule has 4 nitrogen and oxygen atoms in total. The zero-order chi connectivity index (χ0) is 22.2. The average molecular weight is 444 g/mol. The number of nitrogens with two attached hydrogens (primary N) is 1. The van der Waals surface area contributed by atoms with E-state index in [-0.39, 0.29) is 17.1 Å². The van der Waals surface area contributed by atoms with Gasteiger partial charge in [0.15, 0.2) is 6.17 Å². The minimum absolute atomic E-state index is 0.119. The lowest BCUT2D eigenvalue weighted by Crippen LogP contribution is -2.38. The van der Waals surface area contributed by atoms with Gasteiger partial charge in [0, 0.05) is 46.2 Å². The number of hydrogen-bond donors (Lipinski definition) is 1. The van der Waals surface area contributed by atoms with Crippen molar-refractivity contribution in [1.82, 2.24) is 0 Å². The molecule has 164 valence electrons. The van der Waals surface area contributed by atoms with E-state index in [1.165, 1.54) is 0 Å². The number of allylic oxidation sites excluding steroid dienone is 3. The molecule has 1 amide bonds.